The van der Waals surface area contributed by atoms with Crippen molar-refractivity contribution in [3.05, 3.63) is 51.1 Å². The Morgan fingerprint density at radius 1 is 1.11 bits per heavy atom. The lowest BCUT2D eigenvalue weighted by Gasteiger charge is -2.08. The predicted molar refractivity (Wildman–Crippen MR) is 115 cm³/mol. The quantitative estimate of drug-likeness (QED) is 0.332. The number of rotatable bonds is 6. The van der Waals surface area contributed by atoms with Gasteiger partial charge in [-0.05, 0) is 29.6 Å². The van der Waals surface area contributed by atoms with Gasteiger partial charge in [-0.25, -0.2) is 9.97 Å². The first-order chi connectivity index (χ1) is 13.6. The highest BCUT2D eigenvalue weighted by atomic mass is 32.2. The van der Waals surface area contributed by atoms with E-state index >= 15 is 0 Å². The minimum Gasteiger partial charge on any atom is -0.493 e. The summed E-state index contributed by atoms with van der Waals surface area (Å²) in [6, 6.07) is 7.58. The predicted octanol–water partition coefficient (Wildman–Crippen LogP) is 4.43. The summed E-state index contributed by atoms with van der Waals surface area (Å²) < 4.78 is 12.3. The standard InChI is InChI=1S/C19H17N3O3S3/c1-22-18(23)13-6-7-26-17(13)21-19(22)28-10-12-9-27-16(20-12)11-4-5-14(24-2)15(8-11)25-3/h4-9H,10H2,1-3H3. The molecule has 6 nitrogen and oxygen atoms in total. The van der Waals surface area contributed by atoms with Gasteiger partial charge < -0.3 is 9.47 Å². The summed E-state index contributed by atoms with van der Waals surface area (Å²) >= 11 is 4.57. The van der Waals surface area contributed by atoms with E-state index in [1.54, 1.807) is 37.2 Å². The summed E-state index contributed by atoms with van der Waals surface area (Å²) in [5.41, 5.74) is 1.91. The van der Waals surface area contributed by atoms with Gasteiger partial charge in [0.2, 0.25) is 0 Å². The number of benzene rings is 1. The van der Waals surface area contributed by atoms with Crippen LogP contribution in [0.25, 0.3) is 20.8 Å². The normalized spacial score (nSPS) is 11.1. The highest BCUT2D eigenvalue weighted by molar-refractivity contribution is 7.98. The molecular weight excluding hydrogens is 414 g/mol. The first-order valence-corrected chi connectivity index (χ1v) is 11.1. The molecule has 0 aliphatic carbocycles. The van der Waals surface area contributed by atoms with Crippen molar-refractivity contribution in [3.63, 3.8) is 0 Å². The number of thiophene rings is 1. The molecule has 1 aromatic carbocycles. The van der Waals surface area contributed by atoms with Crippen LogP contribution in [0.3, 0.4) is 0 Å². The fraction of sp³-hybridized carbons (Fsp3) is 0.211. The number of thioether (sulfide) groups is 1. The molecule has 144 valence electrons. The molecule has 0 unspecified atom stereocenters. The lowest BCUT2D eigenvalue weighted by Crippen LogP contribution is -2.19. The highest BCUT2D eigenvalue weighted by Gasteiger charge is 2.13. The number of hydrogen-bond donors (Lipinski definition) is 0. The Balaban J connectivity index is 1.55. The Hall–Kier alpha value is -2.36. The summed E-state index contributed by atoms with van der Waals surface area (Å²) in [4.78, 5) is 22.5. The molecule has 3 aromatic heterocycles. The maximum Gasteiger partial charge on any atom is 0.262 e. The molecule has 0 saturated carbocycles. The van der Waals surface area contributed by atoms with Crippen LogP contribution in [-0.4, -0.2) is 28.8 Å². The summed E-state index contributed by atoms with van der Waals surface area (Å²) in [7, 11) is 4.99. The second kappa shape index (κ2) is 7.94. The summed E-state index contributed by atoms with van der Waals surface area (Å²) in [6.45, 7) is 0. The molecule has 0 atom stereocenters. The molecule has 0 amide bonds. The van der Waals surface area contributed by atoms with Crippen molar-refractivity contribution in [2.75, 3.05) is 14.2 Å². The van der Waals surface area contributed by atoms with Gasteiger partial charge in [0.25, 0.3) is 5.56 Å². The van der Waals surface area contributed by atoms with Gasteiger partial charge in [0.15, 0.2) is 16.7 Å². The third kappa shape index (κ3) is 3.52. The Bertz CT molecular complexity index is 1200. The van der Waals surface area contributed by atoms with Crippen molar-refractivity contribution in [1.29, 1.82) is 0 Å². The molecule has 0 bridgehead atoms. The second-order valence-corrected chi connectivity index (χ2v) is 8.60. The molecule has 0 fully saturated rings. The molecule has 0 aliphatic heterocycles. The third-order valence-electron chi connectivity index (χ3n) is 4.20. The molecule has 28 heavy (non-hydrogen) atoms. The van der Waals surface area contributed by atoms with E-state index in [-0.39, 0.29) is 5.56 Å². The monoisotopic (exact) mass is 431 g/mol. The number of nitrogens with zero attached hydrogens (tertiary/aromatic N) is 3. The molecular formula is C19H17N3O3S3. The summed E-state index contributed by atoms with van der Waals surface area (Å²) in [5.74, 6) is 2.00. The topological polar surface area (TPSA) is 66.2 Å². The molecule has 0 N–H and O–H groups in total. The zero-order chi connectivity index (χ0) is 19.7. The summed E-state index contributed by atoms with van der Waals surface area (Å²) in [6.07, 6.45) is 0. The van der Waals surface area contributed by atoms with Crippen molar-refractivity contribution >= 4 is 44.7 Å². The van der Waals surface area contributed by atoms with Crippen molar-refractivity contribution in [1.82, 2.24) is 14.5 Å². The Morgan fingerprint density at radius 3 is 2.71 bits per heavy atom. The first kappa shape index (κ1) is 19.0. The number of thiazole rings is 1. The van der Waals surface area contributed by atoms with Crippen LogP contribution >= 0.6 is 34.4 Å². The van der Waals surface area contributed by atoms with Crippen LogP contribution in [0.1, 0.15) is 5.69 Å². The second-order valence-electron chi connectivity index (χ2n) is 5.90. The van der Waals surface area contributed by atoms with Crippen molar-refractivity contribution in [2.45, 2.75) is 10.9 Å². The number of fused-ring (bicyclic) bond motifs is 1. The first-order valence-electron chi connectivity index (χ1n) is 8.34. The average molecular weight is 432 g/mol. The minimum atomic E-state index is -0.0157. The van der Waals surface area contributed by atoms with Gasteiger partial charge in [-0.3, -0.25) is 9.36 Å². The van der Waals surface area contributed by atoms with E-state index in [0.29, 0.717) is 27.8 Å². The molecule has 0 saturated heterocycles. The van der Waals surface area contributed by atoms with Crippen molar-refractivity contribution < 1.29 is 9.47 Å². The minimum absolute atomic E-state index is 0.0157. The molecule has 4 aromatic rings. The molecule has 0 radical (unpaired) electrons. The fourth-order valence-electron chi connectivity index (χ4n) is 2.72. The van der Waals surface area contributed by atoms with Gasteiger partial charge in [-0.15, -0.1) is 22.7 Å². The van der Waals surface area contributed by atoms with E-state index < -0.39 is 0 Å². The number of methoxy groups -OCH3 is 2. The van der Waals surface area contributed by atoms with Crippen LogP contribution in [0.5, 0.6) is 11.5 Å². The summed E-state index contributed by atoms with van der Waals surface area (Å²) in [5, 5.41) is 6.19. The lowest BCUT2D eigenvalue weighted by molar-refractivity contribution is 0.355. The number of aromatic nitrogens is 3. The number of ether oxygens (including phenoxy) is 2. The lowest BCUT2D eigenvalue weighted by atomic mass is 10.2. The van der Waals surface area contributed by atoms with Crippen LogP contribution in [0.15, 0.2) is 45.0 Å². The Kier molecular flexibility index (Phi) is 5.38. The van der Waals surface area contributed by atoms with Crippen LogP contribution in [0.2, 0.25) is 0 Å². The van der Waals surface area contributed by atoms with Gasteiger partial charge in [-0.1, -0.05) is 11.8 Å². The van der Waals surface area contributed by atoms with Gasteiger partial charge >= 0.3 is 0 Å². The van der Waals surface area contributed by atoms with Gasteiger partial charge in [0.05, 0.1) is 25.3 Å². The van der Waals surface area contributed by atoms with E-state index in [2.05, 4.69) is 4.98 Å². The SMILES string of the molecule is COc1ccc(-c2nc(CSc3nc4sccc4c(=O)n3C)cs2)cc1OC. The Morgan fingerprint density at radius 2 is 1.93 bits per heavy atom. The highest BCUT2D eigenvalue weighted by Crippen LogP contribution is 2.34. The van der Waals surface area contributed by atoms with Gasteiger partial charge in [0.1, 0.15) is 9.84 Å². The van der Waals surface area contributed by atoms with Crippen LogP contribution in [-0.2, 0) is 12.8 Å². The van der Waals surface area contributed by atoms with Crippen LogP contribution < -0.4 is 15.0 Å². The van der Waals surface area contributed by atoms with E-state index in [4.69, 9.17) is 14.5 Å². The van der Waals surface area contributed by atoms with E-state index in [0.717, 1.165) is 21.1 Å². The zero-order valence-corrected chi connectivity index (χ0v) is 17.9. The fourth-order valence-corrected chi connectivity index (χ4v) is 5.31. The number of hydrogen-bond acceptors (Lipinski definition) is 8. The van der Waals surface area contributed by atoms with Crippen LogP contribution in [0.4, 0.5) is 0 Å². The van der Waals surface area contributed by atoms with Gasteiger partial charge in [-0.2, -0.15) is 0 Å². The smallest absolute Gasteiger partial charge is 0.262 e. The molecule has 0 spiro atoms. The van der Waals surface area contributed by atoms with E-state index in [9.17, 15) is 4.79 Å². The maximum atomic E-state index is 12.4. The van der Waals surface area contributed by atoms with Crippen LogP contribution in [0, 0.1) is 0 Å². The molecule has 3 heterocycles. The van der Waals surface area contributed by atoms with E-state index in [1.165, 1.54) is 23.1 Å². The van der Waals surface area contributed by atoms with Gasteiger partial charge in [0, 0.05) is 23.7 Å². The van der Waals surface area contributed by atoms with Crippen molar-refractivity contribution in [3.8, 4) is 22.1 Å². The molecule has 0 aliphatic rings. The Labute approximate surface area is 173 Å². The molecule has 9 heteroatoms. The van der Waals surface area contributed by atoms with E-state index in [1.807, 2.05) is 35.0 Å². The maximum absolute atomic E-state index is 12.4. The largest absolute Gasteiger partial charge is 0.493 e. The zero-order valence-electron chi connectivity index (χ0n) is 15.5. The average Bonchev–Trinajstić information content (AvgIpc) is 3.38. The molecule has 4 rings (SSSR count). The van der Waals surface area contributed by atoms with Crippen molar-refractivity contribution in [2.24, 2.45) is 7.05 Å². The third-order valence-corrected chi connectivity index (χ3v) is 7.01.